The van der Waals surface area contributed by atoms with Crippen LogP contribution in [0, 0.1) is 34.5 Å². The van der Waals surface area contributed by atoms with E-state index in [1.165, 1.54) is 121 Å². The summed E-state index contributed by atoms with van der Waals surface area (Å²) in [5.41, 5.74) is 2.67. The summed E-state index contributed by atoms with van der Waals surface area (Å²) in [6.07, 6.45) is 28.1. The van der Waals surface area contributed by atoms with Crippen LogP contribution >= 0.6 is 11.8 Å². The molecule has 0 aliphatic heterocycles. The molecule has 3 heteroatoms. The van der Waals surface area contributed by atoms with Gasteiger partial charge in [-0.3, -0.25) is 0 Å². The maximum Gasteiger partial charge on any atom is 0.367 e. The van der Waals surface area contributed by atoms with Crippen molar-refractivity contribution in [3.8, 4) is 0 Å². The predicted octanol–water partition coefficient (Wildman–Crippen LogP) is 11.1. The summed E-state index contributed by atoms with van der Waals surface area (Å²) in [4.78, 5) is 12.5. The van der Waals surface area contributed by atoms with E-state index < -0.39 is 0 Å². The van der Waals surface area contributed by atoms with Crippen molar-refractivity contribution in [3.05, 3.63) is 11.6 Å². The lowest BCUT2D eigenvalue weighted by molar-refractivity contribution is -0.0421. The molecule has 0 radical (unpaired) electrons. The highest BCUT2D eigenvalue weighted by atomic mass is 32.2. The van der Waals surface area contributed by atoms with Crippen LogP contribution in [0.25, 0.3) is 0 Å². The van der Waals surface area contributed by atoms with Gasteiger partial charge >= 0.3 is 5.30 Å². The highest BCUT2D eigenvalue weighted by molar-refractivity contribution is 8.13. The number of carbonyl (C=O) groups excluding carboxylic acids is 1. The molecular formula is C34H58O2S. The first-order chi connectivity index (χ1) is 17.9. The van der Waals surface area contributed by atoms with Crippen molar-refractivity contribution < 1.29 is 9.53 Å². The van der Waals surface area contributed by atoms with Gasteiger partial charge < -0.3 is 4.74 Å². The van der Waals surface area contributed by atoms with Crippen molar-refractivity contribution >= 4 is 17.1 Å². The van der Waals surface area contributed by atoms with Gasteiger partial charge in [0.15, 0.2) is 0 Å². The molecule has 0 saturated heterocycles. The number of hydrogen-bond acceptors (Lipinski definition) is 3. The van der Waals surface area contributed by atoms with E-state index in [0.717, 1.165) is 36.5 Å². The highest BCUT2D eigenvalue weighted by Crippen LogP contribution is 2.67. The Labute approximate surface area is 233 Å². The van der Waals surface area contributed by atoms with Crippen molar-refractivity contribution in [1.29, 1.82) is 0 Å². The Bertz CT molecular complexity index is 761. The summed E-state index contributed by atoms with van der Waals surface area (Å²) in [7, 11) is 0. The van der Waals surface area contributed by atoms with Gasteiger partial charge in [-0.05, 0) is 110 Å². The van der Waals surface area contributed by atoms with Gasteiger partial charge in [-0.15, -0.1) is 0 Å². The van der Waals surface area contributed by atoms with E-state index in [4.69, 9.17) is 4.74 Å². The Morgan fingerprint density at radius 1 is 0.892 bits per heavy atom. The second kappa shape index (κ2) is 13.8. The molecular weight excluding hydrogens is 472 g/mol. The highest BCUT2D eigenvalue weighted by Gasteiger charge is 2.58. The van der Waals surface area contributed by atoms with Gasteiger partial charge in [0.25, 0.3) is 0 Å². The minimum Gasteiger partial charge on any atom is -0.458 e. The number of allylic oxidation sites excluding steroid dienone is 2. The Kier molecular flexibility index (Phi) is 11.0. The quantitative estimate of drug-likeness (QED) is 0.134. The third-order valence-corrected chi connectivity index (χ3v) is 12.7. The fraction of sp³-hybridized carbons (Fsp3) is 0.912. The Balaban J connectivity index is 1.29. The van der Waals surface area contributed by atoms with Crippen LogP contribution in [0.5, 0.6) is 0 Å². The summed E-state index contributed by atoms with van der Waals surface area (Å²) in [6, 6.07) is 0. The summed E-state index contributed by atoms with van der Waals surface area (Å²) < 4.78 is 5.56. The van der Waals surface area contributed by atoms with E-state index in [1.807, 2.05) is 0 Å². The first kappa shape index (κ1) is 29.5. The van der Waals surface area contributed by atoms with E-state index in [0.29, 0.717) is 22.7 Å². The van der Waals surface area contributed by atoms with Crippen LogP contribution in [0.15, 0.2) is 11.6 Å². The molecule has 0 aromatic carbocycles. The van der Waals surface area contributed by atoms with E-state index in [2.05, 4.69) is 33.8 Å². The Morgan fingerprint density at radius 2 is 1.62 bits per heavy atom. The van der Waals surface area contributed by atoms with Gasteiger partial charge in [0.05, 0.1) is 6.61 Å². The molecule has 0 N–H and O–H groups in total. The van der Waals surface area contributed by atoms with Crippen LogP contribution in [0.3, 0.4) is 0 Å². The molecule has 0 aromatic heterocycles. The second-order valence-corrected chi connectivity index (χ2v) is 15.0. The van der Waals surface area contributed by atoms with E-state index in [9.17, 15) is 4.79 Å². The Hall–Kier alpha value is -0.440. The van der Waals surface area contributed by atoms with Crippen molar-refractivity contribution in [2.75, 3.05) is 6.61 Å². The van der Waals surface area contributed by atoms with Gasteiger partial charge in [0, 0.05) is 5.25 Å². The fourth-order valence-corrected chi connectivity index (χ4v) is 10.3. The fourth-order valence-electron chi connectivity index (χ4n) is 9.34. The normalized spacial score (nSPS) is 36.9. The molecule has 0 heterocycles. The first-order valence-electron chi connectivity index (χ1n) is 16.4. The van der Waals surface area contributed by atoms with Gasteiger partial charge in [0.1, 0.15) is 0 Å². The summed E-state index contributed by atoms with van der Waals surface area (Å²) in [5.74, 6) is 3.69. The molecule has 0 spiro atoms. The minimum atomic E-state index is -0.0322. The largest absolute Gasteiger partial charge is 0.458 e. The third kappa shape index (κ3) is 6.83. The Morgan fingerprint density at radius 3 is 2.41 bits per heavy atom. The lowest BCUT2D eigenvalue weighted by Crippen LogP contribution is -2.50. The summed E-state index contributed by atoms with van der Waals surface area (Å²) in [5, 5.41) is 0.385. The van der Waals surface area contributed by atoms with E-state index >= 15 is 0 Å². The smallest absolute Gasteiger partial charge is 0.367 e. The molecule has 3 fully saturated rings. The molecule has 37 heavy (non-hydrogen) atoms. The second-order valence-electron chi connectivity index (χ2n) is 13.8. The molecule has 4 aliphatic carbocycles. The zero-order chi connectivity index (χ0) is 26.3. The van der Waals surface area contributed by atoms with Crippen LogP contribution in [-0.2, 0) is 4.74 Å². The van der Waals surface area contributed by atoms with Crippen LogP contribution in [0.2, 0.25) is 0 Å². The zero-order valence-electron chi connectivity index (χ0n) is 24.8. The molecule has 0 amide bonds. The van der Waals surface area contributed by atoms with Gasteiger partial charge in [-0.2, -0.15) is 0 Å². The lowest BCUT2D eigenvalue weighted by Gasteiger charge is -2.58. The van der Waals surface area contributed by atoms with Crippen molar-refractivity contribution in [1.82, 2.24) is 0 Å². The van der Waals surface area contributed by atoms with Crippen molar-refractivity contribution in [3.63, 3.8) is 0 Å². The number of carbonyl (C=O) groups is 1. The van der Waals surface area contributed by atoms with Crippen LogP contribution < -0.4 is 0 Å². The number of ether oxygens (including phenoxy) is 1. The van der Waals surface area contributed by atoms with Crippen LogP contribution in [0.4, 0.5) is 4.79 Å². The lowest BCUT2D eigenvalue weighted by atomic mass is 9.47. The van der Waals surface area contributed by atoms with Gasteiger partial charge in [-0.1, -0.05) is 97.1 Å². The SMILES string of the molecule is CCCCCCCC[C@@H]1CC[C@@H]2[C@H]3CC=C4C[C@@H](SC(=O)OCCCCCC)CC[C@]4(C)[C@@H]3CC[C@]12C. The van der Waals surface area contributed by atoms with Gasteiger partial charge in [0.2, 0.25) is 0 Å². The third-order valence-electron chi connectivity index (χ3n) is 11.6. The monoisotopic (exact) mass is 530 g/mol. The molecule has 3 saturated carbocycles. The predicted molar refractivity (Wildman–Crippen MR) is 160 cm³/mol. The standard InChI is InChI=1S/C34H58O2S/c1-5-7-9-11-12-13-15-26-17-19-30-29-18-16-27-25-28(37-32(35)36-24-14-10-8-6-2)20-22-34(27,4)31(29)21-23-33(26,30)3/h16,26,28-31H,5-15,17-25H2,1-4H3/t26-,28+,29-,30-,31-,33-,34+/m1/s1. The number of unbranched alkanes of at least 4 members (excludes halogenated alkanes) is 8. The maximum atomic E-state index is 12.5. The summed E-state index contributed by atoms with van der Waals surface area (Å²) in [6.45, 7) is 10.4. The molecule has 212 valence electrons. The van der Waals surface area contributed by atoms with E-state index in [-0.39, 0.29) is 5.30 Å². The van der Waals surface area contributed by atoms with Crippen LogP contribution in [0.1, 0.15) is 150 Å². The van der Waals surface area contributed by atoms with Crippen molar-refractivity contribution in [2.45, 2.75) is 155 Å². The average Bonchev–Trinajstić information content (AvgIpc) is 3.22. The molecule has 4 rings (SSSR count). The average molecular weight is 531 g/mol. The van der Waals surface area contributed by atoms with Crippen LogP contribution in [-0.4, -0.2) is 17.2 Å². The summed E-state index contributed by atoms with van der Waals surface area (Å²) >= 11 is 1.49. The molecule has 0 unspecified atom stereocenters. The zero-order valence-corrected chi connectivity index (χ0v) is 25.6. The molecule has 0 aromatic rings. The number of fused-ring (bicyclic) bond motifs is 5. The number of hydrogen-bond donors (Lipinski definition) is 0. The number of rotatable bonds is 13. The van der Waals surface area contributed by atoms with Gasteiger partial charge in [-0.25, -0.2) is 4.79 Å². The van der Waals surface area contributed by atoms with Crippen molar-refractivity contribution in [2.24, 2.45) is 34.5 Å². The first-order valence-corrected chi connectivity index (χ1v) is 17.3. The molecule has 4 aliphatic rings. The molecule has 2 nitrogen and oxygen atoms in total. The molecule has 0 bridgehead atoms. The number of thioether (sulfide) groups is 1. The van der Waals surface area contributed by atoms with E-state index in [1.54, 1.807) is 5.57 Å². The maximum absolute atomic E-state index is 12.5. The molecule has 7 atom stereocenters. The topological polar surface area (TPSA) is 26.3 Å². The minimum absolute atomic E-state index is 0.0322.